The molecule has 1 atom stereocenters. The van der Waals surface area contributed by atoms with Crippen LogP contribution in [0.25, 0.3) is 0 Å². The van der Waals surface area contributed by atoms with Crippen molar-refractivity contribution in [3.63, 3.8) is 0 Å². The van der Waals surface area contributed by atoms with Gasteiger partial charge in [0.25, 0.3) is 6.43 Å². The summed E-state index contributed by atoms with van der Waals surface area (Å²) in [5.41, 5.74) is 1.43. The summed E-state index contributed by atoms with van der Waals surface area (Å²) in [6, 6.07) is 6.65. The van der Waals surface area contributed by atoms with E-state index in [0.717, 1.165) is 12.0 Å². The third kappa shape index (κ3) is 6.77. The largest absolute Gasteiger partial charge is 0.371 e. The number of nitrogens with zero attached hydrogens (tertiary/aromatic N) is 3. The van der Waals surface area contributed by atoms with Crippen molar-refractivity contribution in [2.75, 3.05) is 24.2 Å². The third-order valence-corrected chi connectivity index (χ3v) is 4.72. The van der Waals surface area contributed by atoms with Crippen LogP contribution in [-0.4, -0.2) is 46.1 Å². The maximum Gasteiger partial charge on any atom is 0.284 e. The van der Waals surface area contributed by atoms with E-state index >= 15 is 0 Å². The number of hydrogen-bond acceptors (Lipinski definition) is 4. The van der Waals surface area contributed by atoms with Gasteiger partial charge >= 0.3 is 0 Å². The van der Waals surface area contributed by atoms with E-state index in [-0.39, 0.29) is 24.1 Å². The average molecular weight is 436 g/mol. The first-order valence-electron chi connectivity index (χ1n) is 10.4. The number of hydrogen-bond donors (Lipinski definition) is 2. The summed E-state index contributed by atoms with van der Waals surface area (Å²) in [5, 5.41) is 9.57. The molecular weight excluding hydrogens is 404 g/mol. The molecule has 0 fully saturated rings. The van der Waals surface area contributed by atoms with Gasteiger partial charge in [0.05, 0.1) is 12.2 Å². The highest BCUT2D eigenvalue weighted by molar-refractivity contribution is 5.96. The van der Waals surface area contributed by atoms with Crippen LogP contribution in [0.1, 0.15) is 45.4 Å². The molecule has 0 aliphatic heterocycles. The van der Waals surface area contributed by atoms with Crippen LogP contribution in [0.15, 0.2) is 30.5 Å². The van der Waals surface area contributed by atoms with E-state index in [9.17, 15) is 18.4 Å². The Balaban J connectivity index is 2.01. The van der Waals surface area contributed by atoms with Crippen LogP contribution in [0.3, 0.4) is 0 Å². The van der Waals surface area contributed by atoms with Crippen molar-refractivity contribution >= 4 is 23.2 Å². The second kappa shape index (κ2) is 10.9. The molecule has 1 heterocycles. The fourth-order valence-electron chi connectivity index (χ4n) is 3.24. The van der Waals surface area contributed by atoms with E-state index in [0.29, 0.717) is 12.2 Å². The van der Waals surface area contributed by atoms with Gasteiger partial charge in [-0.2, -0.15) is 5.10 Å². The molecule has 1 aromatic heterocycles. The Morgan fingerprint density at radius 3 is 2.45 bits per heavy atom. The second-order valence-corrected chi connectivity index (χ2v) is 7.96. The number of carbonyl (C=O) groups is 2. The van der Waals surface area contributed by atoms with E-state index in [1.165, 1.54) is 22.8 Å². The summed E-state index contributed by atoms with van der Waals surface area (Å²) >= 11 is 0. The molecular formula is C22H31F2N5O2. The highest BCUT2D eigenvalue weighted by atomic mass is 19.3. The lowest BCUT2D eigenvalue weighted by atomic mass is 10.1. The van der Waals surface area contributed by atoms with Crippen molar-refractivity contribution < 1.29 is 18.4 Å². The van der Waals surface area contributed by atoms with Crippen molar-refractivity contribution in [2.24, 2.45) is 5.92 Å². The van der Waals surface area contributed by atoms with Gasteiger partial charge in [0.1, 0.15) is 6.04 Å². The molecule has 2 N–H and O–H groups in total. The van der Waals surface area contributed by atoms with Crippen LogP contribution in [0.2, 0.25) is 0 Å². The Morgan fingerprint density at radius 1 is 1.16 bits per heavy atom. The molecule has 1 aromatic carbocycles. The van der Waals surface area contributed by atoms with Gasteiger partial charge in [0.15, 0.2) is 5.69 Å². The number of para-hydroxylation sites is 1. The summed E-state index contributed by atoms with van der Waals surface area (Å²) in [7, 11) is 1.50. The zero-order valence-corrected chi connectivity index (χ0v) is 18.7. The first-order valence-corrected chi connectivity index (χ1v) is 10.4. The van der Waals surface area contributed by atoms with Gasteiger partial charge in [-0.25, -0.2) is 8.78 Å². The molecule has 9 heteroatoms. The molecule has 0 bridgehead atoms. The second-order valence-electron chi connectivity index (χ2n) is 7.96. The molecule has 0 saturated carbocycles. The molecule has 7 nitrogen and oxygen atoms in total. The summed E-state index contributed by atoms with van der Waals surface area (Å²) in [6.45, 7) is 7.81. The number of benzene rings is 1. The predicted molar refractivity (Wildman–Crippen MR) is 117 cm³/mol. The summed E-state index contributed by atoms with van der Waals surface area (Å²) in [4.78, 5) is 26.3. The topological polar surface area (TPSA) is 79.3 Å². The van der Waals surface area contributed by atoms with Gasteiger partial charge in [-0.1, -0.05) is 39.0 Å². The van der Waals surface area contributed by atoms with E-state index in [1.54, 1.807) is 6.92 Å². The molecule has 2 aromatic rings. The van der Waals surface area contributed by atoms with Gasteiger partial charge in [-0.05, 0) is 30.9 Å². The number of halogens is 2. The number of aromatic nitrogens is 2. The number of aryl methyl sites for hydroxylation is 1. The van der Waals surface area contributed by atoms with Gasteiger partial charge in [-0.15, -0.1) is 0 Å². The Bertz CT molecular complexity index is 898. The van der Waals surface area contributed by atoms with Crippen molar-refractivity contribution in [3.05, 3.63) is 41.7 Å². The molecule has 31 heavy (non-hydrogen) atoms. The first kappa shape index (κ1) is 24.3. The average Bonchev–Trinajstić information content (AvgIpc) is 3.09. The quantitative estimate of drug-likeness (QED) is 0.593. The van der Waals surface area contributed by atoms with Gasteiger partial charge in [-0.3, -0.25) is 14.3 Å². The number of rotatable bonds is 10. The van der Waals surface area contributed by atoms with Crippen molar-refractivity contribution in [3.8, 4) is 0 Å². The molecule has 2 amide bonds. The maximum atomic E-state index is 13.4. The minimum atomic E-state index is -2.76. The number of nitrogens with one attached hydrogen (secondary N) is 2. The number of anilines is 2. The van der Waals surface area contributed by atoms with Crippen LogP contribution in [-0.2, 0) is 22.6 Å². The van der Waals surface area contributed by atoms with Gasteiger partial charge < -0.3 is 15.5 Å². The first-order chi connectivity index (χ1) is 14.6. The molecule has 0 aliphatic carbocycles. The summed E-state index contributed by atoms with van der Waals surface area (Å²) in [5.74, 6) is -0.488. The van der Waals surface area contributed by atoms with E-state index in [2.05, 4.69) is 15.7 Å². The lowest BCUT2D eigenvalue weighted by Crippen LogP contribution is -2.42. The SMILES string of the molecule is CCc1ccccc1NC(=O)CN(C)C(=O)[C@H](C)Nc1cn(CC(C)C)nc1C(F)F. The van der Waals surface area contributed by atoms with E-state index in [4.69, 9.17) is 0 Å². The fraction of sp³-hybridized carbons (Fsp3) is 0.500. The molecule has 0 aliphatic rings. The fourth-order valence-corrected chi connectivity index (χ4v) is 3.24. The lowest BCUT2D eigenvalue weighted by Gasteiger charge is -2.22. The number of amides is 2. The Labute approximate surface area is 181 Å². The van der Waals surface area contributed by atoms with E-state index in [1.807, 2.05) is 45.0 Å². The lowest BCUT2D eigenvalue weighted by molar-refractivity contribution is -0.133. The minimum absolute atomic E-state index is 0.117. The van der Waals surface area contributed by atoms with Crippen molar-refractivity contribution in [1.29, 1.82) is 0 Å². The highest BCUT2D eigenvalue weighted by Crippen LogP contribution is 2.26. The zero-order valence-electron chi connectivity index (χ0n) is 18.7. The number of likely N-dealkylation sites (N-methyl/N-ethyl adjacent to an activating group) is 1. The van der Waals surface area contributed by atoms with Crippen LogP contribution in [0.4, 0.5) is 20.2 Å². The van der Waals surface area contributed by atoms with E-state index < -0.39 is 24.1 Å². The minimum Gasteiger partial charge on any atom is -0.371 e. The third-order valence-electron chi connectivity index (χ3n) is 4.72. The van der Waals surface area contributed by atoms with Crippen LogP contribution < -0.4 is 10.6 Å². The molecule has 0 saturated heterocycles. The van der Waals surface area contributed by atoms with Crippen LogP contribution >= 0.6 is 0 Å². The smallest absolute Gasteiger partial charge is 0.284 e. The molecule has 0 radical (unpaired) electrons. The number of alkyl halides is 2. The monoisotopic (exact) mass is 435 g/mol. The summed E-state index contributed by atoms with van der Waals surface area (Å²) < 4.78 is 28.2. The predicted octanol–water partition coefficient (Wildman–Crippen LogP) is 3.94. The van der Waals surface area contributed by atoms with Crippen LogP contribution in [0, 0.1) is 5.92 Å². The molecule has 170 valence electrons. The van der Waals surface area contributed by atoms with Crippen molar-refractivity contribution in [1.82, 2.24) is 14.7 Å². The molecule has 0 unspecified atom stereocenters. The van der Waals surface area contributed by atoms with Crippen molar-refractivity contribution in [2.45, 2.75) is 53.1 Å². The normalized spacial score (nSPS) is 12.2. The summed E-state index contributed by atoms with van der Waals surface area (Å²) in [6.07, 6.45) is -0.511. The Kier molecular flexibility index (Phi) is 8.53. The van der Waals surface area contributed by atoms with Gasteiger partial charge in [0, 0.05) is 25.5 Å². The molecule has 0 spiro atoms. The Hall–Kier alpha value is -2.97. The Morgan fingerprint density at radius 2 is 1.84 bits per heavy atom. The maximum absolute atomic E-state index is 13.4. The standard InChI is InChI=1S/C22H31F2N5O2/c1-6-16-9-7-8-10-17(16)26-19(30)13-28(5)22(31)15(4)25-18-12-29(11-14(2)3)27-20(18)21(23)24/h7-10,12,14-15,21,25H,6,11,13H2,1-5H3,(H,26,30)/t15-/m0/s1. The van der Waals surface area contributed by atoms with Gasteiger partial charge in [0.2, 0.25) is 11.8 Å². The van der Waals surface area contributed by atoms with Crippen LogP contribution in [0.5, 0.6) is 0 Å². The highest BCUT2D eigenvalue weighted by Gasteiger charge is 2.24. The number of carbonyl (C=O) groups excluding carboxylic acids is 2. The zero-order chi connectivity index (χ0) is 23.1. The molecule has 2 rings (SSSR count).